The van der Waals surface area contributed by atoms with Gasteiger partial charge in [0.05, 0.1) is 24.6 Å². The Morgan fingerprint density at radius 2 is 1.78 bits per heavy atom. The number of phenolic OH excluding ortho intramolecular Hbond substituents is 2. The smallest absolute Gasteiger partial charge is 0.355 e. The first-order valence-corrected chi connectivity index (χ1v) is 19.9. The Hall–Kier alpha value is -5.40. The molecule has 60 heavy (non-hydrogen) atoms. The second-order valence-corrected chi connectivity index (χ2v) is 16.3. The zero-order chi connectivity index (χ0) is 42.6. The summed E-state index contributed by atoms with van der Waals surface area (Å²) < 4.78 is 10.9. The lowest BCUT2D eigenvalue weighted by Crippen LogP contribution is -2.67. The van der Waals surface area contributed by atoms with Gasteiger partial charge in [0.2, 0.25) is 0 Å². The number of carbonyl (C=O) groups excluding carboxylic acids is 1. The van der Waals surface area contributed by atoms with Crippen LogP contribution in [0, 0.1) is 5.41 Å². The monoisotopic (exact) mass is 828 g/mol. The van der Waals surface area contributed by atoms with Gasteiger partial charge in [-0.15, -0.1) is 0 Å². The number of aliphatic imine (C=N–C) groups is 2. The van der Waals surface area contributed by atoms with Gasteiger partial charge in [-0.25, -0.2) is 4.79 Å². The van der Waals surface area contributed by atoms with Crippen LogP contribution < -0.4 is 15.0 Å². The normalized spacial score (nSPS) is 31.9. The van der Waals surface area contributed by atoms with Gasteiger partial charge < -0.3 is 60.7 Å². The van der Waals surface area contributed by atoms with Gasteiger partial charge in [0, 0.05) is 59.3 Å². The van der Waals surface area contributed by atoms with Crippen LogP contribution >= 0.6 is 0 Å². The number of para-hydroxylation sites is 1. The van der Waals surface area contributed by atoms with Crippen molar-refractivity contribution in [3.63, 3.8) is 0 Å². The van der Waals surface area contributed by atoms with Crippen LogP contribution in [0.15, 0.2) is 70.7 Å². The minimum atomic E-state index is -3.14. The van der Waals surface area contributed by atoms with Gasteiger partial charge in [-0.2, -0.15) is 0 Å². The summed E-state index contributed by atoms with van der Waals surface area (Å²) in [5.41, 5.74) is 2.21. The van der Waals surface area contributed by atoms with Crippen molar-refractivity contribution in [1.82, 2.24) is 0 Å². The van der Waals surface area contributed by atoms with Crippen molar-refractivity contribution >= 4 is 41.3 Å². The predicted molar refractivity (Wildman–Crippen MR) is 216 cm³/mol. The van der Waals surface area contributed by atoms with Crippen LogP contribution in [0.5, 0.6) is 17.2 Å². The van der Waals surface area contributed by atoms with Gasteiger partial charge in [-0.3, -0.25) is 19.7 Å². The van der Waals surface area contributed by atoms with Crippen LogP contribution in [0.4, 0.5) is 11.4 Å². The fourth-order valence-corrected chi connectivity index (χ4v) is 9.98. The quantitative estimate of drug-likeness (QED) is 0.0971. The molecule has 1 amide bonds. The number of nitrogens with zero attached hydrogens (tertiary/aromatic N) is 3. The molecule has 2 fully saturated rings. The molecular formula is C43H48N4O13. The summed E-state index contributed by atoms with van der Waals surface area (Å²) >= 11 is 0. The van der Waals surface area contributed by atoms with Crippen LogP contribution in [0.25, 0.3) is 6.08 Å². The molecule has 8 rings (SSSR count). The summed E-state index contributed by atoms with van der Waals surface area (Å²) in [4.78, 5) is 37.6. The minimum absolute atomic E-state index is 0.0117. The molecule has 0 unspecified atom stereocenters. The zero-order valence-corrected chi connectivity index (χ0v) is 32.5. The topological polar surface area (TPSA) is 275 Å². The van der Waals surface area contributed by atoms with Crippen LogP contribution in [0.1, 0.15) is 60.3 Å². The van der Waals surface area contributed by atoms with Gasteiger partial charge in [0.1, 0.15) is 36.8 Å². The number of rotatable bonds is 11. The molecule has 0 bridgehead atoms. The Morgan fingerprint density at radius 1 is 1.00 bits per heavy atom. The number of hydrogen-bond donors (Lipinski definition) is 10. The molecule has 1 saturated carbocycles. The largest absolute Gasteiger partial charge is 0.508 e. The summed E-state index contributed by atoms with van der Waals surface area (Å²) in [6.45, 7) is -0.374. The second-order valence-electron chi connectivity index (χ2n) is 16.3. The van der Waals surface area contributed by atoms with E-state index >= 15 is 0 Å². The lowest BCUT2D eigenvalue weighted by molar-refractivity contribution is -0.422. The maximum absolute atomic E-state index is 14.6. The van der Waals surface area contributed by atoms with Crippen LogP contribution in [-0.4, -0.2) is 133 Å². The first kappa shape index (κ1) is 41.3. The van der Waals surface area contributed by atoms with Gasteiger partial charge in [0.15, 0.2) is 17.6 Å². The molecule has 9 atom stereocenters. The molecule has 318 valence electrons. The summed E-state index contributed by atoms with van der Waals surface area (Å²) in [5, 5.41) is 100. The van der Waals surface area contributed by atoms with E-state index in [9.17, 15) is 55.5 Å². The molecule has 3 aromatic rings. The summed E-state index contributed by atoms with van der Waals surface area (Å²) in [7, 11) is 0. The molecule has 1 aliphatic carbocycles. The molecule has 4 aliphatic heterocycles. The number of fused-ring (bicyclic) bond motifs is 4. The molecule has 0 spiro atoms. The van der Waals surface area contributed by atoms with Crippen LogP contribution in [-0.2, 0) is 26.2 Å². The third-order valence-corrected chi connectivity index (χ3v) is 13.0. The highest BCUT2D eigenvalue weighted by Crippen LogP contribution is 2.62. The fraction of sp³-hybridized carbons (Fsp3) is 0.442. The first-order valence-electron chi connectivity index (χ1n) is 19.9. The number of aliphatic hydroxyl groups is 6. The lowest BCUT2D eigenvalue weighted by atomic mass is 9.49. The number of nitrogens with one attached hydrogen (secondary N) is 1. The fourth-order valence-electron chi connectivity index (χ4n) is 9.98. The summed E-state index contributed by atoms with van der Waals surface area (Å²) in [5.74, 6) is -7.47. The number of amides is 1. The van der Waals surface area contributed by atoms with Crippen molar-refractivity contribution < 1.29 is 65.0 Å². The highest BCUT2D eigenvalue weighted by atomic mass is 16.8. The van der Waals surface area contributed by atoms with E-state index in [0.717, 1.165) is 35.1 Å². The van der Waals surface area contributed by atoms with E-state index in [4.69, 9.17) is 9.47 Å². The Kier molecular flexibility index (Phi) is 10.9. The molecular weight excluding hydrogens is 780 g/mol. The summed E-state index contributed by atoms with van der Waals surface area (Å²) in [6.07, 6.45) is -0.230. The average molecular weight is 829 g/mol. The average Bonchev–Trinajstić information content (AvgIpc) is 3.87. The number of benzene rings is 3. The number of hydrogen-bond acceptors (Lipinski definition) is 15. The molecule has 10 N–H and O–H groups in total. The standard InChI is InChI=1S/C43H48N4O13/c48-19-34-37(53)38(54)39(55)43(58,60-34)59-33-16-30-26(15-32(33)51)27(17-42-12-4-3-11-41(42,21-49)20-45-29-6-2-1-5-28(29)42)36(40(56)57)47(30)35(52)10-8-23-7-9-31(50)24(13-23)14-25-18-44-22-46-25/h1-2,5-10,13,15-16,18,27,34,36-39,45,48-51,53-55,58H,3-4,11-12,14,17,19-22H2,(H,56,57)/b10-8+/t27-,34+,36+,37+,38-,39+,41-,42-,43-/m0/s1. The molecule has 1 saturated heterocycles. The highest BCUT2D eigenvalue weighted by molar-refractivity contribution is 6.32. The Morgan fingerprint density at radius 3 is 2.52 bits per heavy atom. The maximum atomic E-state index is 14.6. The van der Waals surface area contributed by atoms with E-state index in [1.54, 1.807) is 18.3 Å². The van der Waals surface area contributed by atoms with Crippen molar-refractivity contribution in [3.8, 4) is 17.2 Å². The van der Waals surface area contributed by atoms with E-state index in [1.807, 2.05) is 24.3 Å². The number of aliphatic carboxylic acids is 1. The molecule has 4 heterocycles. The van der Waals surface area contributed by atoms with Gasteiger partial charge in [-0.05, 0) is 66.3 Å². The second kappa shape index (κ2) is 15.9. The predicted octanol–water partition coefficient (Wildman–Crippen LogP) is 1.52. The number of aliphatic hydroxyl groups excluding tert-OH is 5. The summed E-state index contributed by atoms with van der Waals surface area (Å²) in [6, 6.07) is 13.2. The number of phenols is 2. The van der Waals surface area contributed by atoms with Crippen LogP contribution in [0.2, 0.25) is 0 Å². The highest BCUT2D eigenvalue weighted by Gasteiger charge is 2.60. The Labute approximate surface area is 344 Å². The van der Waals surface area contributed by atoms with E-state index in [0.29, 0.717) is 42.9 Å². The van der Waals surface area contributed by atoms with Crippen molar-refractivity contribution in [1.29, 1.82) is 0 Å². The van der Waals surface area contributed by atoms with E-state index in [1.165, 1.54) is 24.3 Å². The van der Waals surface area contributed by atoms with E-state index in [2.05, 4.69) is 15.3 Å². The number of carbonyl (C=O) groups is 2. The first-order chi connectivity index (χ1) is 28.7. The zero-order valence-electron chi connectivity index (χ0n) is 32.5. The van der Waals surface area contributed by atoms with Crippen LogP contribution in [0.3, 0.4) is 0 Å². The third kappa shape index (κ3) is 6.89. The number of ether oxygens (including phenoxy) is 2. The van der Waals surface area contributed by atoms with Crippen molar-refractivity contribution in [3.05, 3.63) is 82.9 Å². The lowest BCUT2D eigenvalue weighted by Gasteiger charge is -2.58. The number of carboxylic acid groups (broad SMARTS) is 1. The van der Waals surface area contributed by atoms with Crippen molar-refractivity contribution in [2.24, 2.45) is 15.4 Å². The number of carboxylic acids is 1. The van der Waals surface area contributed by atoms with Crippen molar-refractivity contribution in [2.75, 3.05) is 36.6 Å². The molecule has 3 aromatic carbocycles. The number of anilines is 2. The third-order valence-electron chi connectivity index (χ3n) is 13.0. The Bertz CT molecular complexity index is 2260. The van der Waals surface area contributed by atoms with Crippen molar-refractivity contribution in [2.45, 2.75) is 86.3 Å². The van der Waals surface area contributed by atoms with Gasteiger partial charge in [0.25, 0.3) is 5.91 Å². The maximum Gasteiger partial charge on any atom is 0.355 e. The molecule has 5 aliphatic rings. The molecule has 0 aromatic heterocycles. The van der Waals surface area contributed by atoms with E-state index in [-0.39, 0.29) is 36.4 Å². The Balaban J connectivity index is 1.23. The van der Waals surface area contributed by atoms with Gasteiger partial charge in [-0.1, -0.05) is 37.1 Å². The molecule has 0 radical (unpaired) electrons. The van der Waals surface area contributed by atoms with E-state index < -0.39 is 83.2 Å². The SMILES string of the molecule is O=C(O)[C@H]1[C@@H](C[C@]23CCCC[C@@]2(CO)CNc2ccccc23)c2cc(O)c(O[C@]3(O)O[C@H](CO)[C@@H](O)[C@H](O)[C@H]3O)cc2N1C(=O)/C=C/c1ccc(O)c(CC2=NCN=C2)c1. The van der Waals surface area contributed by atoms with Gasteiger partial charge >= 0.3 is 11.9 Å². The molecule has 17 heteroatoms. The number of aromatic hydroxyl groups is 2. The minimum Gasteiger partial charge on any atom is -0.508 e. The molecule has 17 nitrogen and oxygen atoms in total.